The van der Waals surface area contributed by atoms with Gasteiger partial charge in [0.15, 0.2) is 0 Å². The van der Waals surface area contributed by atoms with Crippen molar-refractivity contribution < 1.29 is 4.79 Å². The molecule has 0 bridgehead atoms. The highest BCUT2D eigenvalue weighted by Crippen LogP contribution is 1.97. The van der Waals surface area contributed by atoms with Crippen LogP contribution >= 0.6 is 0 Å². The molecule has 0 aliphatic rings. The van der Waals surface area contributed by atoms with Crippen LogP contribution in [0.25, 0.3) is 0 Å². The zero-order valence-corrected chi connectivity index (χ0v) is 10.5. The van der Waals surface area contributed by atoms with Crippen molar-refractivity contribution in [3.05, 3.63) is 66.0 Å². The van der Waals surface area contributed by atoms with Gasteiger partial charge in [0.05, 0.1) is 0 Å². The average Bonchev–Trinajstić information content (AvgIpc) is 2.49. The lowest BCUT2D eigenvalue weighted by atomic mass is 10.2. The molecule has 0 saturated heterocycles. The smallest absolute Gasteiger partial charge is 0.251 e. The van der Waals surface area contributed by atoms with E-state index in [0.29, 0.717) is 18.5 Å². The van der Waals surface area contributed by atoms with Gasteiger partial charge < -0.3 is 5.32 Å². The highest BCUT2D eigenvalue weighted by atomic mass is 16.1. The van der Waals surface area contributed by atoms with E-state index in [1.54, 1.807) is 18.3 Å². The van der Waals surface area contributed by atoms with Crippen LogP contribution in [0.1, 0.15) is 22.5 Å². The summed E-state index contributed by atoms with van der Waals surface area (Å²) in [6.07, 6.45) is 2.32. The lowest BCUT2D eigenvalue weighted by molar-refractivity contribution is 0.0954. The fraction of sp³-hybridized carbons (Fsp3) is 0.125. The summed E-state index contributed by atoms with van der Waals surface area (Å²) < 4.78 is 0. The average molecular weight is 250 g/mol. The largest absolute Gasteiger partial charge is 0.351 e. The van der Waals surface area contributed by atoms with E-state index in [0.717, 1.165) is 5.69 Å². The molecular weight excluding hydrogens is 236 g/mol. The number of hydrogen-bond acceptors (Lipinski definition) is 2. The lowest BCUT2D eigenvalue weighted by Gasteiger charge is -2.01. The topological polar surface area (TPSA) is 42.0 Å². The van der Waals surface area contributed by atoms with E-state index in [4.69, 9.17) is 0 Å². The number of carbonyl (C=O) groups is 1. The Morgan fingerprint density at radius 3 is 2.63 bits per heavy atom. The van der Waals surface area contributed by atoms with E-state index in [9.17, 15) is 4.79 Å². The highest BCUT2D eigenvalue weighted by molar-refractivity contribution is 5.94. The number of hydrogen-bond donors (Lipinski definition) is 1. The van der Waals surface area contributed by atoms with Gasteiger partial charge in [-0.05, 0) is 30.2 Å². The van der Waals surface area contributed by atoms with Crippen molar-refractivity contribution in [3.63, 3.8) is 0 Å². The van der Waals surface area contributed by atoms with Crippen LogP contribution in [-0.4, -0.2) is 17.4 Å². The molecule has 94 valence electrons. The van der Waals surface area contributed by atoms with Gasteiger partial charge in [-0.3, -0.25) is 4.79 Å². The van der Waals surface area contributed by atoms with Crippen LogP contribution in [0.2, 0.25) is 0 Å². The molecule has 0 saturated carbocycles. The number of benzene rings is 1. The monoisotopic (exact) mass is 250 g/mol. The Labute approximate surface area is 112 Å². The third-order valence-electron chi connectivity index (χ3n) is 2.45. The Morgan fingerprint density at radius 1 is 1.11 bits per heavy atom. The first-order chi connectivity index (χ1) is 9.36. The minimum atomic E-state index is -0.0692. The quantitative estimate of drug-likeness (QED) is 0.670. The predicted octanol–water partition coefficient (Wildman–Crippen LogP) is 2.25. The number of carbonyl (C=O) groups excluding carboxylic acids is 1. The molecule has 0 atom stereocenters. The third-order valence-corrected chi connectivity index (χ3v) is 2.45. The maximum atomic E-state index is 11.7. The SMILES string of the molecule is O=C(NCCC#Cc1ccccn1)c1ccccc1. The van der Waals surface area contributed by atoms with Gasteiger partial charge in [0.1, 0.15) is 5.69 Å². The molecule has 1 heterocycles. The van der Waals surface area contributed by atoms with Crippen LogP contribution in [0, 0.1) is 11.8 Å². The summed E-state index contributed by atoms with van der Waals surface area (Å²) >= 11 is 0. The second-order valence-corrected chi connectivity index (χ2v) is 3.89. The van der Waals surface area contributed by atoms with Gasteiger partial charge in [-0.2, -0.15) is 0 Å². The maximum Gasteiger partial charge on any atom is 0.251 e. The summed E-state index contributed by atoms with van der Waals surface area (Å²) in [7, 11) is 0. The van der Waals surface area contributed by atoms with Crippen LogP contribution in [0.5, 0.6) is 0 Å². The number of nitrogens with one attached hydrogen (secondary N) is 1. The summed E-state index contributed by atoms with van der Waals surface area (Å²) in [5.41, 5.74) is 1.41. The van der Waals surface area contributed by atoms with Crippen LogP contribution < -0.4 is 5.32 Å². The van der Waals surface area contributed by atoms with Gasteiger partial charge >= 0.3 is 0 Å². The van der Waals surface area contributed by atoms with Gasteiger partial charge in [-0.25, -0.2) is 4.98 Å². The normalized spacial score (nSPS) is 9.26. The van der Waals surface area contributed by atoms with Crippen LogP contribution in [0.15, 0.2) is 54.7 Å². The molecule has 19 heavy (non-hydrogen) atoms. The van der Waals surface area contributed by atoms with E-state index < -0.39 is 0 Å². The number of pyridine rings is 1. The van der Waals surface area contributed by atoms with Gasteiger partial charge in [0.25, 0.3) is 5.91 Å². The molecule has 2 rings (SSSR count). The number of nitrogens with zero attached hydrogens (tertiary/aromatic N) is 1. The molecule has 0 aliphatic carbocycles. The molecule has 0 fully saturated rings. The number of aromatic nitrogens is 1. The fourth-order valence-electron chi connectivity index (χ4n) is 1.52. The molecular formula is C16H14N2O. The second kappa shape index (κ2) is 6.97. The molecule has 1 aromatic carbocycles. The lowest BCUT2D eigenvalue weighted by Crippen LogP contribution is -2.23. The first-order valence-corrected chi connectivity index (χ1v) is 6.09. The minimum absolute atomic E-state index is 0.0692. The van der Waals surface area contributed by atoms with Crippen molar-refractivity contribution in [2.45, 2.75) is 6.42 Å². The van der Waals surface area contributed by atoms with Gasteiger partial charge in [-0.1, -0.05) is 30.2 Å². The van der Waals surface area contributed by atoms with Crippen molar-refractivity contribution in [1.82, 2.24) is 10.3 Å². The molecule has 2 aromatic rings. The molecule has 0 unspecified atom stereocenters. The van der Waals surface area contributed by atoms with E-state index in [-0.39, 0.29) is 5.91 Å². The number of rotatable bonds is 3. The summed E-state index contributed by atoms with van der Waals surface area (Å²) in [5.74, 6) is 5.86. The first kappa shape index (κ1) is 12.8. The van der Waals surface area contributed by atoms with Gasteiger partial charge in [-0.15, -0.1) is 0 Å². The van der Waals surface area contributed by atoms with Crippen molar-refractivity contribution in [2.75, 3.05) is 6.54 Å². The first-order valence-electron chi connectivity index (χ1n) is 6.09. The van der Waals surface area contributed by atoms with Crippen LogP contribution in [-0.2, 0) is 0 Å². The Kier molecular flexibility index (Phi) is 4.71. The van der Waals surface area contributed by atoms with Crippen LogP contribution in [0.3, 0.4) is 0 Å². The van der Waals surface area contributed by atoms with Crippen molar-refractivity contribution in [3.8, 4) is 11.8 Å². The zero-order valence-electron chi connectivity index (χ0n) is 10.5. The predicted molar refractivity (Wildman–Crippen MR) is 74.5 cm³/mol. The van der Waals surface area contributed by atoms with E-state index in [1.165, 1.54) is 0 Å². The zero-order chi connectivity index (χ0) is 13.3. The summed E-state index contributed by atoms with van der Waals surface area (Å²) in [6, 6.07) is 14.7. The van der Waals surface area contributed by atoms with E-state index >= 15 is 0 Å². The van der Waals surface area contributed by atoms with E-state index in [1.807, 2.05) is 36.4 Å². The van der Waals surface area contributed by atoms with Gasteiger partial charge in [0.2, 0.25) is 0 Å². The fourth-order valence-corrected chi connectivity index (χ4v) is 1.52. The van der Waals surface area contributed by atoms with E-state index in [2.05, 4.69) is 22.1 Å². The molecule has 1 aromatic heterocycles. The molecule has 3 heteroatoms. The maximum absolute atomic E-state index is 11.7. The molecule has 1 amide bonds. The number of amides is 1. The summed E-state index contributed by atoms with van der Waals surface area (Å²) in [4.78, 5) is 15.8. The second-order valence-electron chi connectivity index (χ2n) is 3.89. The summed E-state index contributed by atoms with van der Waals surface area (Å²) in [6.45, 7) is 0.535. The Morgan fingerprint density at radius 2 is 1.89 bits per heavy atom. The van der Waals surface area contributed by atoms with Gasteiger partial charge in [0, 0.05) is 24.7 Å². The van der Waals surface area contributed by atoms with Crippen molar-refractivity contribution >= 4 is 5.91 Å². The minimum Gasteiger partial charge on any atom is -0.351 e. The third kappa shape index (κ3) is 4.29. The molecule has 3 nitrogen and oxygen atoms in total. The Bertz CT molecular complexity index is 582. The summed E-state index contributed by atoms with van der Waals surface area (Å²) in [5, 5.41) is 2.82. The molecule has 0 spiro atoms. The Hall–Kier alpha value is -2.60. The van der Waals surface area contributed by atoms with Crippen LogP contribution in [0.4, 0.5) is 0 Å². The Balaban J connectivity index is 1.76. The molecule has 0 aliphatic heterocycles. The molecule has 0 radical (unpaired) electrons. The standard InChI is InChI=1S/C16H14N2O/c19-16(14-8-2-1-3-9-14)18-13-7-5-11-15-10-4-6-12-17-15/h1-4,6,8-10,12H,7,13H2,(H,18,19). The van der Waals surface area contributed by atoms with Crippen molar-refractivity contribution in [1.29, 1.82) is 0 Å². The highest BCUT2D eigenvalue weighted by Gasteiger charge is 2.01. The van der Waals surface area contributed by atoms with Crippen molar-refractivity contribution in [2.24, 2.45) is 0 Å². The molecule has 1 N–H and O–H groups in total.